The van der Waals surface area contributed by atoms with E-state index < -0.39 is 0 Å². The van der Waals surface area contributed by atoms with Crippen molar-refractivity contribution in [3.8, 4) is 0 Å². The van der Waals surface area contributed by atoms with Crippen LogP contribution in [0, 0.1) is 0 Å². The third-order valence-corrected chi connectivity index (χ3v) is 3.10. The van der Waals surface area contributed by atoms with Gasteiger partial charge >= 0.3 is 0 Å². The summed E-state index contributed by atoms with van der Waals surface area (Å²) < 4.78 is 5.80. The first-order valence-electron chi connectivity index (χ1n) is 5.70. The third-order valence-electron chi connectivity index (χ3n) is 2.84. The molecule has 1 aliphatic rings. The maximum atomic E-state index is 5.80. The highest BCUT2D eigenvalue weighted by molar-refractivity contribution is 6.17. The summed E-state index contributed by atoms with van der Waals surface area (Å²) in [7, 11) is 0. The molecule has 0 radical (unpaired) electrons. The van der Waals surface area contributed by atoms with Gasteiger partial charge in [-0.2, -0.15) is 0 Å². The number of hydrogen-bond donors (Lipinski definition) is 0. The lowest BCUT2D eigenvalue weighted by molar-refractivity contribution is 0.0325. The summed E-state index contributed by atoms with van der Waals surface area (Å²) >= 11 is 5.68. The molecule has 0 aromatic rings. The van der Waals surface area contributed by atoms with Gasteiger partial charge in [0.25, 0.3) is 0 Å². The van der Waals surface area contributed by atoms with E-state index in [9.17, 15) is 0 Å². The van der Waals surface area contributed by atoms with Gasteiger partial charge in [-0.1, -0.05) is 6.92 Å². The zero-order valence-electron chi connectivity index (χ0n) is 9.34. The van der Waals surface area contributed by atoms with E-state index >= 15 is 0 Å². The van der Waals surface area contributed by atoms with Crippen LogP contribution in [0.1, 0.15) is 33.1 Å². The predicted molar refractivity (Wildman–Crippen MR) is 61.0 cm³/mol. The number of rotatable bonds is 6. The molecule has 1 saturated heterocycles. The lowest BCUT2D eigenvalue weighted by atomic mass is 10.2. The molecule has 0 aliphatic carbocycles. The Balaban J connectivity index is 2.19. The fourth-order valence-corrected chi connectivity index (χ4v) is 2.09. The molecule has 2 nitrogen and oxygen atoms in total. The van der Waals surface area contributed by atoms with Crippen LogP contribution in [0.3, 0.4) is 0 Å². The largest absolute Gasteiger partial charge is 0.374 e. The Bertz CT molecular complexity index is 154. The standard InChI is InChI=1S/C11H22ClNO/c1-3-13(8-4-7-12)9-11-6-5-10(2)14-11/h10-11H,3-9H2,1-2H3. The second-order valence-corrected chi connectivity index (χ2v) is 4.46. The molecule has 3 heteroatoms. The number of ether oxygens (including phenoxy) is 1. The topological polar surface area (TPSA) is 12.5 Å². The van der Waals surface area contributed by atoms with Crippen LogP contribution in [-0.4, -0.2) is 42.6 Å². The third kappa shape index (κ3) is 4.16. The van der Waals surface area contributed by atoms with E-state index in [4.69, 9.17) is 16.3 Å². The van der Waals surface area contributed by atoms with Crippen LogP contribution in [0.5, 0.6) is 0 Å². The van der Waals surface area contributed by atoms with Gasteiger partial charge in [-0.3, -0.25) is 0 Å². The second kappa shape index (κ2) is 6.65. The Morgan fingerprint density at radius 1 is 1.43 bits per heavy atom. The van der Waals surface area contributed by atoms with Crippen LogP contribution in [0.2, 0.25) is 0 Å². The summed E-state index contributed by atoms with van der Waals surface area (Å²) in [5, 5.41) is 0. The minimum Gasteiger partial charge on any atom is -0.374 e. The van der Waals surface area contributed by atoms with Crippen molar-refractivity contribution in [1.82, 2.24) is 4.90 Å². The Morgan fingerprint density at radius 2 is 2.21 bits per heavy atom. The van der Waals surface area contributed by atoms with E-state index in [1.807, 2.05) is 0 Å². The van der Waals surface area contributed by atoms with Crippen molar-refractivity contribution in [2.75, 3.05) is 25.5 Å². The van der Waals surface area contributed by atoms with Gasteiger partial charge in [-0.15, -0.1) is 11.6 Å². The molecule has 2 unspecified atom stereocenters. The van der Waals surface area contributed by atoms with Crippen LogP contribution in [0.4, 0.5) is 0 Å². The Hall–Kier alpha value is 0.210. The molecule has 1 rings (SSSR count). The van der Waals surface area contributed by atoms with E-state index in [-0.39, 0.29) is 0 Å². The van der Waals surface area contributed by atoms with Crippen molar-refractivity contribution in [3.05, 3.63) is 0 Å². The minimum absolute atomic E-state index is 0.459. The molecule has 0 spiro atoms. The van der Waals surface area contributed by atoms with Crippen molar-refractivity contribution in [2.45, 2.75) is 45.3 Å². The maximum absolute atomic E-state index is 5.80. The first-order chi connectivity index (χ1) is 6.76. The fourth-order valence-electron chi connectivity index (χ4n) is 1.97. The summed E-state index contributed by atoms with van der Waals surface area (Å²) in [6, 6.07) is 0. The van der Waals surface area contributed by atoms with Crippen molar-refractivity contribution in [2.24, 2.45) is 0 Å². The van der Waals surface area contributed by atoms with Gasteiger partial charge in [0.15, 0.2) is 0 Å². The Labute approximate surface area is 92.6 Å². The van der Waals surface area contributed by atoms with E-state index in [1.54, 1.807) is 0 Å². The highest BCUT2D eigenvalue weighted by Crippen LogP contribution is 2.19. The number of halogens is 1. The summed E-state index contributed by atoms with van der Waals surface area (Å²) in [5.41, 5.74) is 0. The summed E-state index contributed by atoms with van der Waals surface area (Å²) in [4.78, 5) is 2.44. The molecule has 84 valence electrons. The lowest BCUT2D eigenvalue weighted by Gasteiger charge is -2.23. The van der Waals surface area contributed by atoms with E-state index in [1.165, 1.54) is 12.8 Å². The monoisotopic (exact) mass is 219 g/mol. The smallest absolute Gasteiger partial charge is 0.0706 e. The summed E-state index contributed by atoms with van der Waals surface area (Å²) in [5.74, 6) is 0.762. The molecule has 0 amide bonds. The number of hydrogen-bond acceptors (Lipinski definition) is 2. The van der Waals surface area contributed by atoms with Gasteiger partial charge in [-0.05, 0) is 39.3 Å². The first-order valence-corrected chi connectivity index (χ1v) is 6.23. The molecule has 0 saturated carbocycles. The van der Waals surface area contributed by atoms with Gasteiger partial charge in [0, 0.05) is 12.4 Å². The van der Waals surface area contributed by atoms with Gasteiger partial charge in [0.2, 0.25) is 0 Å². The maximum Gasteiger partial charge on any atom is 0.0706 e. The van der Waals surface area contributed by atoms with Crippen LogP contribution in [0.25, 0.3) is 0 Å². The molecular formula is C11H22ClNO. The van der Waals surface area contributed by atoms with Crippen molar-refractivity contribution < 1.29 is 4.74 Å². The second-order valence-electron chi connectivity index (χ2n) is 4.08. The van der Waals surface area contributed by atoms with Gasteiger partial charge in [0.1, 0.15) is 0 Å². The van der Waals surface area contributed by atoms with Crippen LogP contribution in [-0.2, 0) is 4.74 Å². The van der Waals surface area contributed by atoms with Gasteiger partial charge < -0.3 is 9.64 Å². The summed E-state index contributed by atoms with van der Waals surface area (Å²) in [6.07, 6.45) is 4.44. The molecule has 2 atom stereocenters. The average Bonchev–Trinajstić information content (AvgIpc) is 2.58. The van der Waals surface area contributed by atoms with Crippen molar-refractivity contribution >= 4 is 11.6 Å². The average molecular weight is 220 g/mol. The van der Waals surface area contributed by atoms with E-state index in [0.29, 0.717) is 12.2 Å². The molecule has 1 heterocycles. The molecule has 0 aromatic carbocycles. The van der Waals surface area contributed by atoms with E-state index in [2.05, 4.69) is 18.7 Å². The molecule has 14 heavy (non-hydrogen) atoms. The molecule has 1 aliphatic heterocycles. The predicted octanol–water partition coefficient (Wildman–Crippen LogP) is 2.50. The highest BCUT2D eigenvalue weighted by Gasteiger charge is 2.23. The molecule has 0 bridgehead atoms. The highest BCUT2D eigenvalue weighted by atomic mass is 35.5. The summed E-state index contributed by atoms with van der Waals surface area (Å²) in [6.45, 7) is 7.65. The molecule has 0 N–H and O–H groups in total. The van der Waals surface area contributed by atoms with Crippen LogP contribution < -0.4 is 0 Å². The fraction of sp³-hybridized carbons (Fsp3) is 1.00. The first kappa shape index (κ1) is 12.3. The minimum atomic E-state index is 0.459. The Morgan fingerprint density at radius 3 is 2.71 bits per heavy atom. The number of alkyl halides is 1. The van der Waals surface area contributed by atoms with Crippen LogP contribution in [0.15, 0.2) is 0 Å². The number of likely N-dealkylation sites (N-methyl/N-ethyl adjacent to an activating group) is 1. The van der Waals surface area contributed by atoms with E-state index in [0.717, 1.165) is 31.9 Å². The quantitative estimate of drug-likeness (QED) is 0.637. The zero-order valence-corrected chi connectivity index (χ0v) is 10.1. The van der Waals surface area contributed by atoms with Crippen molar-refractivity contribution in [1.29, 1.82) is 0 Å². The van der Waals surface area contributed by atoms with Crippen LogP contribution >= 0.6 is 11.6 Å². The normalized spacial score (nSPS) is 27.4. The zero-order chi connectivity index (χ0) is 10.4. The Kier molecular flexibility index (Phi) is 5.83. The van der Waals surface area contributed by atoms with Gasteiger partial charge in [0.05, 0.1) is 12.2 Å². The SMILES string of the molecule is CCN(CCCCl)CC1CCC(C)O1. The molecule has 0 aromatic heterocycles. The lowest BCUT2D eigenvalue weighted by Crippen LogP contribution is -2.33. The molecule has 1 fully saturated rings. The van der Waals surface area contributed by atoms with Gasteiger partial charge in [-0.25, -0.2) is 0 Å². The molecular weight excluding hydrogens is 198 g/mol. The van der Waals surface area contributed by atoms with Crippen molar-refractivity contribution in [3.63, 3.8) is 0 Å². The number of nitrogens with zero attached hydrogens (tertiary/aromatic N) is 1.